The minimum Gasteiger partial charge on any atom is -0.494 e. The lowest BCUT2D eigenvalue weighted by atomic mass is 10.0. The molecule has 0 aliphatic heterocycles. The van der Waals surface area contributed by atoms with E-state index in [1.54, 1.807) is 48.5 Å². The second-order valence-electron chi connectivity index (χ2n) is 18.3. The molecule has 6 aromatic carbocycles. The first-order valence-electron chi connectivity index (χ1n) is 25.6. The zero-order valence-electron chi connectivity index (χ0n) is 42.8. The average Bonchev–Trinajstić information content (AvgIpc) is 3.40. The van der Waals surface area contributed by atoms with Gasteiger partial charge in [-0.2, -0.15) is 17.6 Å². The molecule has 0 unspecified atom stereocenters. The van der Waals surface area contributed by atoms with E-state index in [0.29, 0.717) is 29.5 Å². The molecule has 2 amide bonds. The second-order valence-corrected chi connectivity index (χ2v) is 21.8. The van der Waals surface area contributed by atoms with E-state index < -0.39 is 43.9 Å². The normalized spacial score (nSPS) is 11.8. The molecule has 0 aliphatic rings. The van der Waals surface area contributed by atoms with Crippen molar-refractivity contribution < 1.29 is 65.3 Å². The average molecular weight is 1090 g/mol. The van der Waals surface area contributed by atoms with Crippen molar-refractivity contribution in [2.75, 3.05) is 30.0 Å². The Labute approximate surface area is 442 Å². The van der Waals surface area contributed by atoms with Gasteiger partial charge in [-0.3, -0.25) is 18.7 Å². The summed E-state index contributed by atoms with van der Waals surface area (Å²) in [6.45, 7) is 5.78. The number of carbonyl (C=O) groups is 2. The molecule has 0 aromatic heterocycles. The Bertz CT molecular complexity index is 2840. The minimum atomic E-state index is -6.52. The second kappa shape index (κ2) is 29.4. The number of amides is 2. The number of hydrogen-bond acceptors (Lipinski definition) is 6. The van der Waals surface area contributed by atoms with Crippen LogP contribution in [0.15, 0.2) is 146 Å². The number of halogens is 4. The van der Waals surface area contributed by atoms with Gasteiger partial charge < -0.3 is 39.7 Å². The maximum Gasteiger partial charge on any atom is 0.411 e. The van der Waals surface area contributed by atoms with Crippen LogP contribution < -0.4 is 20.1 Å². The fourth-order valence-electron chi connectivity index (χ4n) is 7.99. The number of benzene rings is 6. The molecular formula is C58H68F4N2O10P2. The van der Waals surface area contributed by atoms with E-state index in [4.69, 9.17) is 29.0 Å². The third kappa shape index (κ3) is 18.6. The maximum absolute atomic E-state index is 14.6. The van der Waals surface area contributed by atoms with Crippen LogP contribution in [0.2, 0.25) is 0 Å². The number of nitrogens with one attached hydrogen (secondary N) is 2. The van der Waals surface area contributed by atoms with Gasteiger partial charge in [-0.05, 0) is 108 Å². The number of hydrogen-bond donors (Lipinski definition) is 6. The molecule has 6 N–H and O–H groups in total. The zero-order chi connectivity index (χ0) is 55.2. The van der Waals surface area contributed by atoms with E-state index in [0.717, 1.165) is 71.8 Å². The van der Waals surface area contributed by atoms with E-state index in [-0.39, 0.29) is 24.1 Å². The smallest absolute Gasteiger partial charge is 0.411 e. The largest absolute Gasteiger partial charge is 0.494 e. The fourth-order valence-corrected chi connectivity index (χ4v) is 9.00. The molecule has 0 saturated carbocycles. The van der Waals surface area contributed by atoms with Crippen molar-refractivity contribution >= 4 is 38.4 Å². The highest BCUT2D eigenvalue weighted by molar-refractivity contribution is 7.53. The van der Waals surface area contributed by atoms with Gasteiger partial charge in [0.1, 0.15) is 11.5 Å². The van der Waals surface area contributed by atoms with E-state index in [1.807, 2.05) is 60.7 Å². The fraction of sp³-hybridized carbons (Fsp3) is 0.345. The van der Waals surface area contributed by atoms with Crippen molar-refractivity contribution in [1.29, 1.82) is 0 Å². The van der Waals surface area contributed by atoms with Gasteiger partial charge >= 0.3 is 26.8 Å². The van der Waals surface area contributed by atoms with Crippen molar-refractivity contribution in [1.82, 2.24) is 0 Å². The van der Waals surface area contributed by atoms with Gasteiger partial charge in [0.15, 0.2) is 0 Å². The first-order chi connectivity index (χ1) is 36.2. The van der Waals surface area contributed by atoms with E-state index >= 15 is 0 Å². The Morgan fingerprint density at radius 1 is 0.487 bits per heavy atom. The highest BCUT2D eigenvalue weighted by Crippen LogP contribution is 2.64. The van der Waals surface area contributed by atoms with E-state index in [2.05, 4.69) is 24.5 Å². The lowest BCUT2D eigenvalue weighted by molar-refractivity contribution is -0.174. The summed E-state index contributed by atoms with van der Waals surface area (Å²) in [7, 11) is -10.6. The molecule has 76 heavy (non-hydrogen) atoms. The number of rotatable bonds is 28. The molecule has 0 fully saturated rings. The van der Waals surface area contributed by atoms with Crippen molar-refractivity contribution in [2.45, 2.75) is 109 Å². The zero-order valence-corrected chi connectivity index (χ0v) is 44.6. The number of aryl methyl sites for hydroxylation is 1. The Hall–Kier alpha value is -6.12. The third-order valence-electron chi connectivity index (χ3n) is 12.4. The number of unbranched alkanes of at least 4 members (excludes halogenated alkanes) is 10. The number of alkyl halides is 4. The summed E-state index contributed by atoms with van der Waals surface area (Å²) in [5, 5.41) is 5.00. The Morgan fingerprint density at radius 2 is 0.855 bits per heavy atom. The van der Waals surface area contributed by atoms with Crippen LogP contribution in [-0.2, 0) is 21.5 Å². The summed E-state index contributed by atoms with van der Waals surface area (Å²) in [4.78, 5) is 61.4. The summed E-state index contributed by atoms with van der Waals surface area (Å²) in [5.74, 6) is -4.80. The molecule has 12 nitrogen and oxygen atoms in total. The van der Waals surface area contributed by atoms with Gasteiger partial charge in [0.25, 0.3) is 11.8 Å². The quantitative estimate of drug-likeness (QED) is 0.0157. The van der Waals surface area contributed by atoms with Crippen LogP contribution in [-0.4, -0.2) is 56.4 Å². The van der Waals surface area contributed by atoms with Gasteiger partial charge in [-0.25, -0.2) is 0 Å². The third-order valence-corrected chi connectivity index (χ3v) is 14.2. The molecular weight excluding hydrogens is 1020 g/mol. The molecule has 0 spiro atoms. The first-order valence-corrected chi connectivity index (χ1v) is 29.0. The van der Waals surface area contributed by atoms with E-state index in [9.17, 15) is 36.3 Å². The molecule has 0 bridgehead atoms. The van der Waals surface area contributed by atoms with Crippen LogP contribution in [0.25, 0.3) is 22.3 Å². The van der Waals surface area contributed by atoms with Gasteiger partial charge in [0.2, 0.25) is 0 Å². The highest BCUT2D eigenvalue weighted by Gasteiger charge is 2.69. The molecule has 0 radical (unpaired) electrons. The van der Waals surface area contributed by atoms with Gasteiger partial charge in [0.05, 0.1) is 30.6 Å². The van der Waals surface area contributed by atoms with Crippen LogP contribution >= 0.6 is 15.2 Å². The van der Waals surface area contributed by atoms with Crippen LogP contribution in [0.5, 0.6) is 11.5 Å². The number of carbonyl (C=O) groups excluding carboxylic acids is 2. The van der Waals surface area contributed by atoms with Crippen molar-refractivity contribution in [3.8, 4) is 33.8 Å². The summed E-state index contributed by atoms with van der Waals surface area (Å²) in [5.41, 5.74) is -2.36. The highest BCUT2D eigenvalue weighted by atomic mass is 31.2. The monoisotopic (exact) mass is 1090 g/mol. The number of anilines is 2. The summed E-state index contributed by atoms with van der Waals surface area (Å²) < 4.78 is 91.0. The van der Waals surface area contributed by atoms with Crippen LogP contribution in [0.4, 0.5) is 28.9 Å². The van der Waals surface area contributed by atoms with E-state index in [1.165, 1.54) is 76.0 Å². The molecule has 6 rings (SSSR count). The lowest BCUT2D eigenvalue weighted by Crippen LogP contribution is -2.38. The molecule has 408 valence electrons. The molecule has 0 aliphatic carbocycles. The van der Waals surface area contributed by atoms with Crippen molar-refractivity contribution in [3.05, 3.63) is 168 Å². The summed E-state index contributed by atoms with van der Waals surface area (Å²) >= 11 is 0. The van der Waals surface area contributed by atoms with Crippen LogP contribution in [0.1, 0.15) is 123 Å². The SMILES string of the molecule is CCCCCCCCOc1ccc(-c2ccc(C(=O)Nc3ccccc3C(F)(F)C(F)(F)P(=O)(O)O)cc2)cc1.CCCCCCCCOc1ccc(-c2ccc(C(=O)Nc3ccccc3CCP(=O)(O)O)cc2)cc1. The Morgan fingerprint density at radius 3 is 1.28 bits per heavy atom. The molecule has 0 heterocycles. The van der Waals surface area contributed by atoms with Gasteiger partial charge in [-0.1, -0.05) is 163 Å². The maximum atomic E-state index is 14.6. The molecule has 0 atom stereocenters. The van der Waals surface area contributed by atoms with Gasteiger partial charge in [0, 0.05) is 16.8 Å². The first kappa shape index (κ1) is 60.7. The Kier molecular flexibility index (Phi) is 23.5. The molecule has 18 heteroatoms. The predicted octanol–water partition coefficient (Wildman–Crippen LogP) is 15.3. The summed E-state index contributed by atoms with van der Waals surface area (Å²) in [6, 6.07) is 39.7. The molecule has 0 saturated heterocycles. The van der Waals surface area contributed by atoms with Crippen molar-refractivity contribution in [3.63, 3.8) is 0 Å². The van der Waals surface area contributed by atoms with Crippen LogP contribution in [0.3, 0.4) is 0 Å². The van der Waals surface area contributed by atoms with Crippen LogP contribution in [0, 0.1) is 0 Å². The van der Waals surface area contributed by atoms with Gasteiger partial charge in [-0.15, -0.1) is 0 Å². The standard InChI is InChI=1S/C29H32F4NO5P.C29H36NO5P/c1-2-3-4-5-6-9-20-39-24-18-16-22(17-19-24)21-12-14-23(15-13-21)27(35)34-26-11-8-7-10-25(26)28(30,31)29(32,33)40(36,37)38;1-2-3-4-5-6-9-21-35-27-18-16-24(17-19-27)23-12-14-26(15-13-23)29(31)30-28-11-8-7-10-25(28)20-22-36(32,33)34/h7-8,10-19H,2-6,9,20H2,1H3,(H,34,35)(H2,36,37,38);7-8,10-19H,2-6,9,20-22H2,1H3,(H,30,31)(H2,32,33,34). The predicted molar refractivity (Wildman–Crippen MR) is 292 cm³/mol. The van der Waals surface area contributed by atoms with Crippen molar-refractivity contribution in [2.24, 2.45) is 0 Å². The summed E-state index contributed by atoms with van der Waals surface area (Å²) in [6.07, 6.45) is 14.4. The lowest BCUT2D eigenvalue weighted by Gasteiger charge is -2.28. The minimum absolute atomic E-state index is 0.0579. The topological polar surface area (TPSA) is 192 Å². The molecule has 6 aromatic rings. The number of ether oxygens (including phenoxy) is 2. The Balaban J connectivity index is 0.000000282. The number of para-hydroxylation sites is 2.